The minimum atomic E-state index is -2.56. The zero-order valence-electron chi connectivity index (χ0n) is 15.3. The molecule has 0 saturated carbocycles. The van der Waals surface area contributed by atoms with Gasteiger partial charge in [0.15, 0.2) is 0 Å². The predicted molar refractivity (Wildman–Crippen MR) is 98.0 cm³/mol. The van der Waals surface area contributed by atoms with E-state index in [0.29, 0.717) is 11.2 Å². The van der Waals surface area contributed by atoms with E-state index in [1.165, 1.54) is 11.2 Å². The Morgan fingerprint density at radius 1 is 1.21 bits per heavy atom. The number of aromatic amines is 1. The maximum absolute atomic E-state index is 14.7. The normalized spacial score (nSPS) is 19.1. The molecular formula is C20H17F4N3O2. The van der Waals surface area contributed by atoms with Gasteiger partial charge in [0.2, 0.25) is 12.3 Å². The molecule has 1 fully saturated rings. The molecule has 0 radical (unpaired) electrons. The molecule has 2 atom stereocenters. The number of carbonyl (C=O) groups is 1. The summed E-state index contributed by atoms with van der Waals surface area (Å²) < 4.78 is 58.9. The van der Waals surface area contributed by atoms with Crippen molar-refractivity contribution in [2.45, 2.75) is 25.8 Å². The number of carbonyl (C=O) groups excluding carboxylic acids is 1. The molecule has 3 aromatic rings. The second kappa shape index (κ2) is 7.38. The van der Waals surface area contributed by atoms with Crippen molar-refractivity contribution in [2.75, 3.05) is 11.5 Å². The van der Waals surface area contributed by atoms with Crippen molar-refractivity contribution in [1.82, 2.24) is 9.97 Å². The van der Waals surface area contributed by atoms with Gasteiger partial charge in [-0.2, -0.15) is 0 Å². The van der Waals surface area contributed by atoms with Crippen molar-refractivity contribution in [3.05, 3.63) is 53.9 Å². The van der Waals surface area contributed by atoms with E-state index in [9.17, 15) is 22.4 Å². The largest absolute Gasteiger partial charge is 0.493 e. The first kappa shape index (κ1) is 19.2. The number of imidazole rings is 1. The van der Waals surface area contributed by atoms with Crippen LogP contribution in [0.25, 0.3) is 11.0 Å². The average molecular weight is 407 g/mol. The number of rotatable bonds is 6. The number of nitrogens with zero attached hydrogens (tertiary/aromatic N) is 2. The molecule has 5 nitrogen and oxygen atoms in total. The SMILES string of the molecule is CC1C(=O)N(c2ccc3[nH]cnc3c2)C1c1c(F)cc(OCCC(F)F)cc1F. The Morgan fingerprint density at radius 2 is 1.93 bits per heavy atom. The Labute approximate surface area is 163 Å². The number of benzene rings is 2. The zero-order valence-corrected chi connectivity index (χ0v) is 15.3. The van der Waals surface area contributed by atoms with Gasteiger partial charge in [0, 0.05) is 29.8 Å². The topological polar surface area (TPSA) is 58.2 Å². The van der Waals surface area contributed by atoms with Crippen molar-refractivity contribution in [3.8, 4) is 5.75 Å². The van der Waals surface area contributed by atoms with Gasteiger partial charge in [0.1, 0.15) is 17.4 Å². The molecule has 0 aliphatic carbocycles. The van der Waals surface area contributed by atoms with Crippen LogP contribution in [0.15, 0.2) is 36.7 Å². The number of amides is 1. The van der Waals surface area contributed by atoms with Gasteiger partial charge in [-0.3, -0.25) is 4.79 Å². The number of β-lactam (4-membered cyclic amide) rings is 1. The van der Waals surface area contributed by atoms with E-state index in [4.69, 9.17) is 4.74 Å². The van der Waals surface area contributed by atoms with Gasteiger partial charge in [-0.15, -0.1) is 0 Å². The molecule has 2 unspecified atom stereocenters. The van der Waals surface area contributed by atoms with E-state index in [0.717, 1.165) is 17.6 Å². The smallest absolute Gasteiger partial charge is 0.241 e. The Balaban J connectivity index is 1.64. The van der Waals surface area contributed by atoms with Gasteiger partial charge in [-0.25, -0.2) is 22.5 Å². The average Bonchev–Trinajstić information content (AvgIpc) is 3.14. The molecule has 1 aliphatic heterocycles. The zero-order chi connectivity index (χ0) is 20.7. The Bertz CT molecular complexity index is 1050. The standard InChI is InChI=1S/C20H17F4N3O2/c1-10-19(18-13(21)7-12(8-14(18)22)29-5-4-17(23)24)27(20(10)28)11-2-3-15-16(6-11)26-9-25-15/h2-3,6-10,17,19H,4-5H2,1H3,(H,25,26). The number of alkyl halides is 2. The molecular weight excluding hydrogens is 390 g/mol. The molecule has 4 rings (SSSR count). The molecule has 1 N–H and O–H groups in total. The Kier molecular flexibility index (Phi) is 4.89. The van der Waals surface area contributed by atoms with E-state index in [1.807, 2.05) is 0 Å². The van der Waals surface area contributed by atoms with Crippen LogP contribution in [-0.4, -0.2) is 28.9 Å². The lowest BCUT2D eigenvalue weighted by atomic mass is 9.82. The van der Waals surface area contributed by atoms with Crippen LogP contribution in [-0.2, 0) is 4.79 Å². The van der Waals surface area contributed by atoms with Crippen molar-refractivity contribution >= 4 is 22.6 Å². The van der Waals surface area contributed by atoms with Crippen LogP contribution in [0, 0.1) is 17.6 Å². The van der Waals surface area contributed by atoms with Gasteiger partial charge in [0.05, 0.1) is 35.9 Å². The summed E-state index contributed by atoms with van der Waals surface area (Å²) in [5.74, 6) is -2.85. The minimum absolute atomic E-state index is 0.174. The van der Waals surface area contributed by atoms with Gasteiger partial charge < -0.3 is 14.6 Å². The van der Waals surface area contributed by atoms with Crippen molar-refractivity contribution in [1.29, 1.82) is 0 Å². The van der Waals surface area contributed by atoms with Crippen LogP contribution in [0.2, 0.25) is 0 Å². The summed E-state index contributed by atoms with van der Waals surface area (Å²) in [5.41, 5.74) is 1.61. The maximum atomic E-state index is 14.7. The van der Waals surface area contributed by atoms with E-state index >= 15 is 0 Å². The minimum Gasteiger partial charge on any atom is -0.493 e. The molecule has 2 aromatic carbocycles. The molecule has 1 aromatic heterocycles. The third-order valence-electron chi connectivity index (χ3n) is 5.02. The fourth-order valence-corrected chi connectivity index (χ4v) is 3.56. The molecule has 0 spiro atoms. The van der Waals surface area contributed by atoms with Gasteiger partial charge in [0.25, 0.3) is 0 Å². The number of ether oxygens (including phenoxy) is 1. The summed E-state index contributed by atoms with van der Waals surface area (Å²) in [6.45, 7) is 1.24. The second-order valence-electron chi connectivity index (χ2n) is 6.87. The monoisotopic (exact) mass is 407 g/mol. The summed E-state index contributed by atoms with van der Waals surface area (Å²) >= 11 is 0. The third kappa shape index (κ3) is 3.41. The number of fused-ring (bicyclic) bond motifs is 1. The first-order chi connectivity index (χ1) is 13.9. The van der Waals surface area contributed by atoms with Gasteiger partial charge >= 0.3 is 0 Å². The highest BCUT2D eigenvalue weighted by Crippen LogP contribution is 2.45. The molecule has 29 heavy (non-hydrogen) atoms. The highest BCUT2D eigenvalue weighted by Gasteiger charge is 2.48. The molecule has 1 amide bonds. The fourth-order valence-electron chi connectivity index (χ4n) is 3.56. The lowest BCUT2D eigenvalue weighted by molar-refractivity contribution is -0.129. The summed E-state index contributed by atoms with van der Waals surface area (Å²) in [6.07, 6.45) is -1.59. The summed E-state index contributed by atoms with van der Waals surface area (Å²) in [4.78, 5) is 20.9. The van der Waals surface area contributed by atoms with Crippen LogP contribution in [0.3, 0.4) is 0 Å². The first-order valence-corrected chi connectivity index (χ1v) is 9.03. The number of halogens is 4. The van der Waals surface area contributed by atoms with Crippen molar-refractivity contribution in [2.24, 2.45) is 5.92 Å². The molecule has 1 aliphatic rings. The number of nitrogens with one attached hydrogen (secondary N) is 1. The van der Waals surface area contributed by atoms with E-state index in [2.05, 4.69) is 9.97 Å². The molecule has 152 valence electrons. The Morgan fingerprint density at radius 3 is 2.62 bits per heavy atom. The lowest BCUT2D eigenvalue weighted by Crippen LogP contribution is -2.54. The second-order valence-corrected chi connectivity index (χ2v) is 6.87. The quantitative estimate of drug-likeness (QED) is 0.480. The highest BCUT2D eigenvalue weighted by molar-refractivity contribution is 6.04. The molecule has 2 heterocycles. The van der Waals surface area contributed by atoms with Crippen LogP contribution in [0.4, 0.5) is 23.2 Å². The molecule has 9 heteroatoms. The van der Waals surface area contributed by atoms with Crippen LogP contribution in [0.5, 0.6) is 5.75 Å². The fraction of sp³-hybridized carbons (Fsp3) is 0.300. The summed E-state index contributed by atoms with van der Waals surface area (Å²) in [6, 6.07) is 6.14. The van der Waals surface area contributed by atoms with Crippen LogP contribution >= 0.6 is 0 Å². The first-order valence-electron chi connectivity index (χ1n) is 9.03. The summed E-state index contributed by atoms with van der Waals surface area (Å²) in [5, 5.41) is 0. The number of anilines is 1. The van der Waals surface area contributed by atoms with E-state index in [1.54, 1.807) is 25.1 Å². The number of hydrogen-bond acceptors (Lipinski definition) is 3. The third-order valence-corrected chi connectivity index (χ3v) is 5.02. The highest BCUT2D eigenvalue weighted by atomic mass is 19.3. The van der Waals surface area contributed by atoms with Gasteiger partial charge in [-0.1, -0.05) is 6.92 Å². The summed E-state index contributed by atoms with van der Waals surface area (Å²) in [7, 11) is 0. The van der Waals surface area contributed by atoms with E-state index < -0.39 is 36.4 Å². The Hall–Kier alpha value is -3.10. The molecule has 0 bridgehead atoms. The number of hydrogen-bond donors (Lipinski definition) is 1. The lowest BCUT2D eigenvalue weighted by Gasteiger charge is -2.46. The molecule has 1 saturated heterocycles. The van der Waals surface area contributed by atoms with Crippen LogP contribution < -0.4 is 9.64 Å². The predicted octanol–water partition coefficient (Wildman–Crippen LogP) is 4.60. The maximum Gasteiger partial charge on any atom is 0.241 e. The number of H-pyrrole nitrogens is 1. The van der Waals surface area contributed by atoms with Crippen molar-refractivity contribution < 1.29 is 27.1 Å². The number of aromatic nitrogens is 2. The van der Waals surface area contributed by atoms with Crippen LogP contribution in [0.1, 0.15) is 24.9 Å². The van der Waals surface area contributed by atoms with E-state index in [-0.39, 0.29) is 23.8 Å². The van der Waals surface area contributed by atoms with Crippen molar-refractivity contribution in [3.63, 3.8) is 0 Å². The van der Waals surface area contributed by atoms with Gasteiger partial charge in [-0.05, 0) is 18.2 Å².